The van der Waals surface area contributed by atoms with Crippen molar-refractivity contribution in [2.24, 2.45) is 0 Å². The van der Waals surface area contributed by atoms with Crippen LogP contribution < -0.4 is 10.6 Å². The van der Waals surface area contributed by atoms with Crippen molar-refractivity contribution >= 4 is 38.6 Å². The lowest BCUT2D eigenvalue weighted by Crippen LogP contribution is -2.20. The third kappa shape index (κ3) is 3.23. The maximum atomic E-state index is 13.4. The quantitative estimate of drug-likeness (QED) is 0.862. The van der Waals surface area contributed by atoms with Crippen LogP contribution in [0.4, 0.5) is 15.8 Å². The van der Waals surface area contributed by atoms with E-state index in [1.807, 2.05) is 24.1 Å². The highest BCUT2D eigenvalue weighted by Crippen LogP contribution is 2.23. The first kappa shape index (κ1) is 13.4. The first-order valence-electron chi connectivity index (χ1n) is 5.56. The standard InChI is InChI=1S/C13H14BrFN2S/c1-17(7-6-10-3-5-13(14)18-10)9-2-4-12(16)11(15)8-9/h2-5,8H,6-7,16H2,1H3. The Morgan fingerprint density at radius 3 is 2.72 bits per heavy atom. The number of halogens is 2. The molecular formula is C13H14BrFN2S. The summed E-state index contributed by atoms with van der Waals surface area (Å²) in [5, 5.41) is 0. The largest absolute Gasteiger partial charge is 0.396 e. The molecule has 1 aromatic carbocycles. The Balaban J connectivity index is 1.99. The molecule has 2 rings (SSSR count). The Labute approximate surface area is 118 Å². The van der Waals surface area contributed by atoms with Crippen molar-refractivity contribution in [1.29, 1.82) is 0 Å². The zero-order chi connectivity index (χ0) is 13.1. The number of nitrogens with zero attached hydrogens (tertiary/aromatic N) is 1. The molecule has 0 amide bonds. The van der Waals surface area contributed by atoms with Gasteiger partial charge in [0.05, 0.1) is 9.47 Å². The van der Waals surface area contributed by atoms with Gasteiger partial charge in [-0.3, -0.25) is 0 Å². The van der Waals surface area contributed by atoms with E-state index in [4.69, 9.17) is 5.73 Å². The van der Waals surface area contributed by atoms with E-state index in [0.29, 0.717) is 0 Å². The second-order valence-corrected chi connectivity index (χ2v) is 6.63. The van der Waals surface area contributed by atoms with Gasteiger partial charge in [0.25, 0.3) is 0 Å². The number of hydrogen-bond acceptors (Lipinski definition) is 3. The van der Waals surface area contributed by atoms with E-state index in [1.54, 1.807) is 17.4 Å². The second kappa shape index (κ2) is 5.71. The summed E-state index contributed by atoms with van der Waals surface area (Å²) >= 11 is 5.17. The molecule has 5 heteroatoms. The maximum Gasteiger partial charge on any atom is 0.148 e. The van der Waals surface area contributed by atoms with Crippen molar-refractivity contribution in [2.75, 3.05) is 24.2 Å². The smallest absolute Gasteiger partial charge is 0.148 e. The first-order valence-corrected chi connectivity index (χ1v) is 7.17. The van der Waals surface area contributed by atoms with Gasteiger partial charge in [0, 0.05) is 24.2 Å². The monoisotopic (exact) mass is 328 g/mol. The molecule has 96 valence electrons. The van der Waals surface area contributed by atoms with Crippen molar-refractivity contribution < 1.29 is 4.39 Å². The molecule has 0 saturated heterocycles. The van der Waals surface area contributed by atoms with Gasteiger partial charge in [0.2, 0.25) is 0 Å². The molecular weight excluding hydrogens is 315 g/mol. The molecule has 18 heavy (non-hydrogen) atoms. The number of hydrogen-bond donors (Lipinski definition) is 1. The number of thiophene rings is 1. The van der Waals surface area contributed by atoms with Crippen LogP contribution in [0.2, 0.25) is 0 Å². The minimum absolute atomic E-state index is 0.189. The predicted octanol–water partition coefficient (Wildman–Crippen LogP) is 3.91. The molecule has 0 atom stereocenters. The number of nitrogens with two attached hydrogens (primary N) is 1. The van der Waals surface area contributed by atoms with Gasteiger partial charge in [-0.25, -0.2) is 4.39 Å². The van der Waals surface area contributed by atoms with Crippen LogP contribution in [0.15, 0.2) is 34.1 Å². The third-order valence-corrected chi connectivity index (χ3v) is 4.43. The highest BCUT2D eigenvalue weighted by Gasteiger charge is 2.06. The lowest BCUT2D eigenvalue weighted by Gasteiger charge is -2.19. The van der Waals surface area contributed by atoms with E-state index < -0.39 is 0 Å². The SMILES string of the molecule is CN(CCc1ccc(Br)s1)c1ccc(N)c(F)c1. The predicted molar refractivity (Wildman–Crippen MR) is 79.8 cm³/mol. The molecule has 2 aromatic rings. The molecule has 1 aromatic heterocycles. The first-order chi connectivity index (χ1) is 8.56. The molecule has 0 saturated carbocycles. The summed E-state index contributed by atoms with van der Waals surface area (Å²) in [5.41, 5.74) is 6.49. The van der Waals surface area contributed by atoms with Gasteiger partial charge >= 0.3 is 0 Å². The summed E-state index contributed by atoms with van der Waals surface area (Å²) in [6, 6.07) is 9.06. The molecule has 0 radical (unpaired) electrons. The van der Waals surface area contributed by atoms with Crippen LogP contribution in [0.1, 0.15) is 4.88 Å². The molecule has 0 unspecified atom stereocenters. The fraction of sp³-hybridized carbons (Fsp3) is 0.231. The van der Waals surface area contributed by atoms with E-state index in [-0.39, 0.29) is 11.5 Å². The van der Waals surface area contributed by atoms with Crippen LogP contribution >= 0.6 is 27.3 Å². The topological polar surface area (TPSA) is 29.3 Å². The van der Waals surface area contributed by atoms with Crippen molar-refractivity contribution in [3.05, 3.63) is 44.8 Å². The fourth-order valence-electron chi connectivity index (χ4n) is 1.65. The minimum atomic E-state index is -0.363. The third-order valence-electron chi connectivity index (χ3n) is 2.75. The van der Waals surface area contributed by atoms with E-state index in [2.05, 4.69) is 22.0 Å². The Bertz CT molecular complexity index is 542. The van der Waals surface area contributed by atoms with E-state index in [1.165, 1.54) is 10.9 Å². The molecule has 0 aliphatic heterocycles. The number of nitrogen functional groups attached to an aromatic ring is 1. The number of anilines is 2. The maximum absolute atomic E-state index is 13.4. The minimum Gasteiger partial charge on any atom is -0.396 e. The van der Waals surface area contributed by atoms with Crippen LogP contribution in [0.25, 0.3) is 0 Å². The van der Waals surface area contributed by atoms with E-state index >= 15 is 0 Å². The molecule has 1 heterocycles. The van der Waals surface area contributed by atoms with Gasteiger partial charge in [-0.2, -0.15) is 0 Å². The van der Waals surface area contributed by atoms with Gasteiger partial charge < -0.3 is 10.6 Å². The Kier molecular flexibility index (Phi) is 4.24. The average molecular weight is 329 g/mol. The van der Waals surface area contributed by atoms with Crippen LogP contribution in [-0.2, 0) is 6.42 Å². The van der Waals surface area contributed by atoms with Crippen LogP contribution in [0.5, 0.6) is 0 Å². The molecule has 0 aliphatic carbocycles. The van der Waals surface area contributed by atoms with Gasteiger partial charge in [-0.05, 0) is 52.7 Å². The van der Waals surface area contributed by atoms with Gasteiger partial charge in [0.15, 0.2) is 0 Å². The fourth-order valence-corrected chi connectivity index (χ4v) is 3.12. The zero-order valence-corrected chi connectivity index (χ0v) is 12.4. The molecule has 0 fully saturated rings. The molecule has 0 bridgehead atoms. The number of benzene rings is 1. The summed E-state index contributed by atoms with van der Waals surface area (Å²) < 4.78 is 14.5. The van der Waals surface area contributed by atoms with Gasteiger partial charge in [-0.1, -0.05) is 0 Å². The van der Waals surface area contributed by atoms with Crippen LogP contribution in [-0.4, -0.2) is 13.6 Å². The summed E-state index contributed by atoms with van der Waals surface area (Å²) in [6.07, 6.45) is 0.943. The highest BCUT2D eigenvalue weighted by molar-refractivity contribution is 9.11. The lowest BCUT2D eigenvalue weighted by atomic mass is 10.2. The van der Waals surface area contributed by atoms with Crippen molar-refractivity contribution in [3.63, 3.8) is 0 Å². The zero-order valence-electron chi connectivity index (χ0n) is 9.99. The average Bonchev–Trinajstić information content (AvgIpc) is 2.75. The summed E-state index contributed by atoms with van der Waals surface area (Å²) in [6.45, 7) is 0.844. The number of rotatable bonds is 4. The second-order valence-electron chi connectivity index (χ2n) is 4.08. The highest BCUT2D eigenvalue weighted by atomic mass is 79.9. The molecule has 2 nitrogen and oxygen atoms in total. The number of likely N-dealkylation sites (N-methyl/N-ethyl adjacent to an activating group) is 1. The summed E-state index contributed by atoms with van der Waals surface area (Å²) in [4.78, 5) is 3.33. The van der Waals surface area contributed by atoms with Crippen molar-refractivity contribution in [2.45, 2.75) is 6.42 Å². The summed E-state index contributed by atoms with van der Waals surface area (Å²) in [7, 11) is 1.95. The van der Waals surface area contributed by atoms with E-state index in [0.717, 1.165) is 22.4 Å². The Morgan fingerprint density at radius 2 is 2.11 bits per heavy atom. The van der Waals surface area contributed by atoms with Crippen LogP contribution in [0.3, 0.4) is 0 Å². The van der Waals surface area contributed by atoms with E-state index in [9.17, 15) is 4.39 Å². The van der Waals surface area contributed by atoms with Crippen LogP contribution in [0, 0.1) is 5.82 Å². The molecule has 0 aliphatic rings. The van der Waals surface area contributed by atoms with Gasteiger partial charge in [0.1, 0.15) is 5.82 Å². The normalized spacial score (nSPS) is 10.6. The van der Waals surface area contributed by atoms with Gasteiger partial charge in [-0.15, -0.1) is 11.3 Å². The molecule has 0 spiro atoms. The Hall–Kier alpha value is -1.07. The molecule has 2 N–H and O–H groups in total. The Morgan fingerprint density at radius 1 is 1.33 bits per heavy atom. The summed E-state index contributed by atoms with van der Waals surface area (Å²) in [5.74, 6) is -0.363. The lowest BCUT2D eigenvalue weighted by molar-refractivity contribution is 0.632. The van der Waals surface area contributed by atoms with Crippen molar-refractivity contribution in [1.82, 2.24) is 0 Å². The van der Waals surface area contributed by atoms with Crippen molar-refractivity contribution in [3.8, 4) is 0 Å².